The highest BCUT2D eigenvalue weighted by Crippen LogP contribution is 2.33. The first-order chi connectivity index (χ1) is 15.5. The zero-order valence-corrected chi connectivity index (χ0v) is 18.5. The maximum Gasteiger partial charge on any atom is 0.219 e. The molecular weight excluding hydrogens is 409 g/mol. The largest absolute Gasteiger partial charge is 0.341 e. The molecular formula is C23H30FN7O. The SMILES string of the molecule is CC(=O)N1CCn2c(nnc2-c2ccc3[nH]c(C(N)C4CCCCCCC4)nc3c2F)C1. The summed E-state index contributed by atoms with van der Waals surface area (Å²) in [6.45, 7) is 3.01. The number of nitrogens with one attached hydrogen (secondary N) is 1. The van der Waals surface area contributed by atoms with Crippen LogP contribution in [0.3, 0.4) is 0 Å². The Bertz CT molecular complexity index is 1130. The molecule has 0 bridgehead atoms. The first-order valence-corrected chi connectivity index (χ1v) is 11.6. The van der Waals surface area contributed by atoms with Crippen molar-refractivity contribution in [1.82, 2.24) is 29.6 Å². The van der Waals surface area contributed by atoms with E-state index in [0.717, 1.165) is 12.8 Å². The van der Waals surface area contributed by atoms with Gasteiger partial charge in [-0.15, -0.1) is 10.2 Å². The number of carbonyl (C=O) groups excluding carboxylic acids is 1. The summed E-state index contributed by atoms with van der Waals surface area (Å²) in [7, 11) is 0. The van der Waals surface area contributed by atoms with E-state index in [1.54, 1.807) is 11.0 Å². The summed E-state index contributed by atoms with van der Waals surface area (Å²) >= 11 is 0. The molecule has 1 unspecified atom stereocenters. The van der Waals surface area contributed by atoms with E-state index in [1.165, 1.54) is 39.0 Å². The number of H-pyrrole nitrogens is 1. The van der Waals surface area contributed by atoms with Crippen LogP contribution in [0.2, 0.25) is 0 Å². The second-order valence-corrected chi connectivity index (χ2v) is 9.11. The molecule has 170 valence electrons. The Hall–Kier alpha value is -2.81. The second kappa shape index (κ2) is 8.61. The summed E-state index contributed by atoms with van der Waals surface area (Å²) in [4.78, 5) is 21.2. The molecule has 1 atom stereocenters. The van der Waals surface area contributed by atoms with Crippen molar-refractivity contribution in [3.8, 4) is 11.4 Å². The Labute approximate surface area is 186 Å². The minimum Gasteiger partial charge on any atom is -0.341 e. The van der Waals surface area contributed by atoms with Crippen LogP contribution in [-0.4, -0.2) is 42.1 Å². The fraction of sp³-hybridized carbons (Fsp3) is 0.565. The van der Waals surface area contributed by atoms with Crippen molar-refractivity contribution in [1.29, 1.82) is 0 Å². The molecule has 1 aliphatic heterocycles. The molecule has 1 amide bonds. The number of aromatic nitrogens is 5. The number of hydrogen-bond acceptors (Lipinski definition) is 5. The Balaban J connectivity index is 1.45. The smallest absolute Gasteiger partial charge is 0.219 e. The number of nitrogens with zero attached hydrogens (tertiary/aromatic N) is 5. The molecule has 1 aromatic carbocycles. The zero-order valence-electron chi connectivity index (χ0n) is 18.5. The Morgan fingerprint density at radius 2 is 1.91 bits per heavy atom. The molecule has 1 aliphatic carbocycles. The van der Waals surface area contributed by atoms with E-state index in [4.69, 9.17) is 5.73 Å². The molecule has 3 N–H and O–H groups in total. The van der Waals surface area contributed by atoms with Crippen molar-refractivity contribution >= 4 is 16.9 Å². The third kappa shape index (κ3) is 3.79. The van der Waals surface area contributed by atoms with Gasteiger partial charge in [-0.3, -0.25) is 4.79 Å². The Morgan fingerprint density at radius 1 is 1.16 bits per heavy atom. The lowest BCUT2D eigenvalue weighted by molar-refractivity contribution is -0.130. The molecule has 0 radical (unpaired) electrons. The van der Waals surface area contributed by atoms with Gasteiger partial charge < -0.3 is 20.2 Å². The molecule has 9 heteroatoms. The lowest BCUT2D eigenvalue weighted by Crippen LogP contribution is -2.37. The van der Waals surface area contributed by atoms with Crippen molar-refractivity contribution in [3.05, 3.63) is 29.6 Å². The number of rotatable bonds is 3. The van der Waals surface area contributed by atoms with Crippen LogP contribution in [0.25, 0.3) is 22.4 Å². The van der Waals surface area contributed by atoms with Crippen LogP contribution in [0.4, 0.5) is 4.39 Å². The zero-order chi connectivity index (χ0) is 22.2. The van der Waals surface area contributed by atoms with E-state index < -0.39 is 5.82 Å². The van der Waals surface area contributed by atoms with Gasteiger partial charge in [0.1, 0.15) is 11.3 Å². The van der Waals surface area contributed by atoms with Gasteiger partial charge >= 0.3 is 0 Å². The van der Waals surface area contributed by atoms with Crippen LogP contribution >= 0.6 is 0 Å². The van der Waals surface area contributed by atoms with Crippen LogP contribution in [0, 0.1) is 11.7 Å². The third-order valence-corrected chi connectivity index (χ3v) is 7.02. The van der Waals surface area contributed by atoms with Gasteiger partial charge in [0.2, 0.25) is 5.91 Å². The maximum atomic E-state index is 15.6. The highest BCUT2D eigenvalue weighted by molar-refractivity contribution is 5.82. The standard InChI is InChI=1S/C23H30FN7O/c1-14(32)30-11-12-31-18(13-30)28-29-23(31)16-9-10-17-21(19(16)24)27-22(26-17)20(25)15-7-5-3-2-4-6-8-15/h9-10,15,20H,2-8,11-13,25H2,1H3,(H,26,27). The average Bonchev–Trinajstić information content (AvgIpc) is 3.38. The number of carbonyl (C=O) groups is 1. The van der Waals surface area contributed by atoms with E-state index in [2.05, 4.69) is 20.2 Å². The fourth-order valence-corrected chi connectivity index (χ4v) is 5.09. The number of amides is 1. The lowest BCUT2D eigenvalue weighted by atomic mass is 9.86. The topological polar surface area (TPSA) is 106 Å². The summed E-state index contributed by atoms with van der Waals surface area (Å²) in [6.07, 6.45) is 8.39. The molecule has 1 saturated carbocycles. The summed E-state index contributed by atoms with van der Waals surface area (Å²) in [5.41, 5.74) is 7.89. The highest BCUT2D eigenvalue weighted by Gasteiger charge is 2.27. The van der Waals surface area contributed by atoms with Crippen LogP contribution in [0.15, 0.2) is 12.1 Å². The van der Waals surface area contributed by atoms with Gasteiger partial charge in [-0.1, -0.05) is 32.1 Å². The van der Waals surface area contributed by atoms with Crippen LogP contribution in [-0.2, 0) is 17.9 Å². The summed E-state index contributed by atoms with van der Waals surface area (Å²) in [5.74, 6) is 1.73. The van der Waals surface area contributed by atoms with Gasteiger partial charge in [-0.2, -0.15) is 0 Å². The average molecular weight is 440 g/mol. The van der Waals surface area contributed by atoms with Gasteiger partial charge in [0.25, 0.3) is 0 Å². The van der Waals surface area contributed by atoms with Gasteiger partial charge in [0, 0.05) is 20.0 Å². The van der Waals surface area contributed by atoms with Crippen LogP contribution in [0.1, 0.15) is 69.6 Å². The van der Waals surface area contributed by atoms with E-state index >= 15 is 4.39 Å². The molecule has 8 nitrogen and oxygen atoms in total. The van der Waals surface area contributed by atoms with E-state index in [-0.39, 0.29) is 17.5 Å². The van der Waals surface area contributed by atoms with Crippen molar-refractivity contribution in [2.45, 2.75) is 71.0 Å². The quantitative estimate of drug-likeness (QED) is 0.648. The molecule has 1 fully saturated rings. The van der Waals surface area contributed by atoms with E-state index in [1.807, 2.05) is 10.6 Å². The van der Waals surface area contributed by atoms with E-state index in [0.29, 0.717) is 54.1 Å². The second-order valence-electron chi connectivity index (χ2n) is 9.11. The molecule has 0 saturated heterocycles. The summed E-state index contributed by atoms with van der Waals surface area (Å²) < 4.78 is 17.5. The number of fused-ring (bicyclic) bond motifs is 2. The van der Waals surface area contributed by atoms with Gasteiger partial charge in [-0.25, -0.2) is 9.37 Å². The Kier molecular flexibility index (Phi) is 5.67. The van der Waals surface area contributed by atoms with Gasteiger partial charge in [0.15, 0.2) is 17.5 Å². The molecule has 32 heavy (non-hydrogen) atoms. The molecule has 0 spiro atoms. The predicted molar refractivity (Wildman–Crippen MR) is 119 cm³/mol. The van der Waals surface area contributed by atoms with Crippen LogP contribution in [0.5, 0.6) is 0 Å². The van der Waals surface area contributed by atoms with Gasteiger partial charge in [0.05, 0.1) is 23.7 Å². The maximum absolute atomic E-state index is 15.6. The van der Waals surface area contributed by atoms with Crippen molar-refractivity contribution in [2.75, 3.05) is 6.54 Å². The number of benzene rings is 1. The molecule has 3 heterocycles. The minimum absolute atomic E-state index is 0.00178. The third-order valence-electron chi connectivity index (χ3n) is 7.02. The van der Waals surface area contributed by atoms with Crippen molar-refractivity contribution in [3.63, 3.8) is 0 Å². The first kappa shape index (κ1) is 21.1. The van der Waals surface area contributed by atoms with Crippen LogP contribution < -0.4 is 5.73 Å². The first-order valence-electron chi connectivity index (χ1n) is 11.6. The number of halogens is 1. The van der Waals surface area contributed by atoms with Crippen molar-refractivity contribution < 1.29 is 9.18 Å². The number of aromatic amines is 1. The molecule has 5 rings (SSSR count). The van der Waals surface area contributed by atoms with E-state index in [9.17, 15) is 4.79 Å². The highest BCUT2D eigenvalue weighted by atomic mass is 19.1. The predicted octanol–water partition coefficient (Wildman–Crippen LogP) is 3.68. The normalized spacial score (nSPS) is 18.9. The number of nitrogens with two attached hydrogens (primary N) is 1. The van der Waals surface area contributed by atoms with Crippen molar-refractivity contribution in [2.24, 2.45) is 11.7 Å². The number of hydrogen-bond donors (Lipinski definition) is 2. The number of imidazole rings is 1. The van der Waals surface area contributed by atoms with Gasteiger partial charge in [-0.05, 0) is 30.9 Å². The minimum atomic E-state index is -0.418. The summed E-state index contributed by atoms with van der Waals surface area (Å²) in [5, 5.41) is 8.44. The molecule has 2 aliphatic rings. The monoisotopic (exact) mass is 439 g/mol. The molecule has 2 aromatic heterocycles. The molecule has 3 aromatic rings. The fourth-order valence-electron chi connectivity index (χ4n) is 5.09. The summed E-state index contributed by atoms with van der Waals surface area (Å²) in [6, 6.07) is 3.33. The Morgan fingerprint density at radius 3 is 2.66 bits per heavy atom. The lowest BCUT2D eigenvalue weighted by Gasteiger charge is -2.26.